The fourth-order valence-corrected chi connectivity index (χ4v) is 4.97. The van der Waals surface area contributed by atoms with Gasteiger partial charge in [-0.15, -0.1) is 10.2 Å². The molecule has 9 nitrogen and oxygen atoms in total. The van der Waals surface area contributed by atoms with Crippen LogP contribution in [0.5, 0.6) is 0 Å². The molecule has 0 bridgehead atoms. The molecule has 4 aromatic rings. The molecule has 0 aliphatic carbocycles. The number of aryl methyl sites for hydroxylation is 2. The maximum absolute atomic E-state index is 12.9. The molecule has 0 amide bonds. The van der Waals surface area contributed by atoms with Gasteiger partial charge in [0.05, 0.1) is 29.4 Å². The number of rotatable bonds is 5. The van der Waals surface area contributed by atoms with Gasteiger partial charge in [-0.25, -0.2) is 9.78 Å². The van der Waals surface area contributed by atoms with E-state index in [-0.39, 0.29) is 11.1 Å². The van der Waals surface area contributed by atoms with Crippen molar-refractivity contribution in [1.29, 1.82) is 5.26 Å². The highest BCUT2D eigenvalue weighted by molar-refractivity contribution is 5.78. The molecule has 0 fully saturated rings. The summed E-state index contributed by atoms with van der Waals surface area (Å²) in [6.45, 7) is 12.3. The second kappa shape index (κ2) is 9.03. The van der Waals surface area contributed by atoms with Crippen LogP contribution in [0, 0.1) is 16.7 Å². The highest BCUT2D eigenvalue weighted by Gasteiger charge is 2.22. The molecule has 1 aliphatic heterocycles. The van der Waals surface area contributed by atoms with E-state index in [0.29, 0.717) is 23.4 Å². The molecule has 0 N–H and O–H groups in total. The van der Waals surface area contributed by atoms with E-state index in [4.69, 9.17) is 4.98 Å². The minimum absolute atomic E-state index is 0.0428. The Hall–Kier alpha value is -3.77. The highest BCUT2D eigenvalue weighted by atomic mass is 16.1. The van der Waals surface area contributed by atoms with E-state index in [9.17, 15) is 10.1 Å². The molecule has 5 rings (SSSR count). The van der Waals surface area contributed by atoms with Crippen molar-refractivity contribution in [3.05, 3.63) is 63.6 Å². The maximum Gasteiger partial charge on any atom is 0.330 e. The van der Waals surface area contributed by atoms with Crippen molar-refractivity contribution in [1.82, 2.24) is 33.8 Å². The molecule has 0 saturated carbocycles. The van der Waals surface area contributed by atoms with E-state index in [0.717, 1.165) is 60.9 Å². The molecule has 0 saturated heterocycles. The summed E-state index contributed by atoms with van der Waals surface area (Å²) in [5.74, 6) is 2.04. The Morgan fingerprint density at radius 1 is 1.11 bits per heavy atom. The lowest BCUT2D eigenvalue weighted by atomic mass is 9.97. The molecular weight excluding hydrogens is 452 g/mol. The van der Waals surface area contributed by atoms with Crippen LogP contribution >= 0.6 is 0 Å². The van der Waals surface area contributed by atoms with E-state index in [1.54, 1.807) is 16.2 Å². The molecule has 3 aromatic heterocycles. The van der Waals surface area contributed by atoms with Gasteiger partial charge in [0.1, 0.15) is 11.6 Å². The molecule has 0 unspecified atom stereocenters. The first-order valence-electron chi connectivity index (χ1n) is 12.4. The van der Waals surface area contributed by atoms with Crippen LogP contribution in [0.2, 0.25) is 0 Å². The summed E-state index contributed by atoms with van der Waals surface area (Å²) in [7, 11) is 1.75. The van der Waals surface area contributed by atoms with Crippen molar-refractivity contribution in [2.75, 3.05) is 6.54 Å². The Labute approximate surface area is 210 Å². The Balaban J connectivity index is 1.47. The zero-order valence-electron chi connectivity index (χ0n) is 21.6. The molecule has 186 valence electrons. The zero-order valence-corrected chi connectivity index (χ0v) is 21.6. The van der Waals surface area contributed by atoms with Crippen molar-refractivity contribution in [3.8, 4) is 17.3 Å². The first-order chi connectivity index (χ1) is 17.2. The standard InChI is InChI=1S/C27H32N8O/c1-6-23-30-31-24-16-33(11-12-34(23)24)15-18-7-8-19(14-28)20(13-18)21-9-10-22-25(29-21)32(5)26(36)35(22)17-27(2,3)4/h7-10,13H,6,11-12,15-17H2,1-5H3. The number of nitrogens with zero attached hydrogens (tertiary/aromatic N) is 8. The van der Waals surface area contributed by atoms with Gasteiger partial charge in [0.25, 0.3) is 0 Å². The third kappa shape index (κ3) is 4.33. The van der Waals surface area contributed by atoms with Crippen LogP contribution in [0.4, 0.5) is 0 Å². The Kier molecular flexibility index (Phi) is 6.00. The maximum atomic E-state index is 12.9. The first kappa shape index (κ1) is 23.9. The lowest BCUT2D eigenvalue weighted by molar-refractivity contribution is 0.207. The zero-order chi connectivity index (χ0) is 25.6. The molecule has 1 aliphatic rings. The molecule has 1 aromatic carbocycles. The second-order valence-electron chi connectivity index (χ2n) is 10.8. The number of hydrogen-bond acceptors (Lipinski definition) is 6. The fraction of sp³-hybridized carbons (Fsp3) is 0.444. The van der Waals surface area contributed by atoms with Gasteiger partial charge in [0, 0.05) is 45.2 Å². The molecule has 36 heavy (non-hydrogen) atoms. The summed E-state index contributed by atoms with van der Waals surface area (Å²) >= 11 is 0. The van der Waals surface area contributed by atoms with Crippen LogP contribution in [-0.2, 0) is 39.6 Å². The number of benzene rings is 1. The van der Waals surface area contributed by atoms with E-state index < -0.39 is 0 Å². The van der Waals surface area contributed by atoms with Crippen molar-refractivity contribution in [3.63, 3.8) is 0 Å². The molecule has 0 atom stereocenters. The second-order valence-corrected chi connectivity index (χ2v) is 10.8. The summed E-state index contributed by atoms with van der Waals surface area (Å²) in [6, 6.07) is 12.1. The molecule has 0 radical (unpaired) electrons. The van der Waals surface area contributed by atoms with Gasteiger partial charge in [0.2, 0.25) is 0 Å². The van der Waals surface area contributed by atoms with E-state index in [2.05, 4.69) is 53.4 Å². The van der Waals surface area contributed by atoms with Gasteiger partial charge < -0.3 is 4.57 Å². The Morgan fingerprint density at radius 3 is 2.64 bits per heavy atom. The minimum Gasteiger partial charge on any atom is -0.313 e. The number of hydrogen-bond donors (Lipinski definition) is 0. The minimum atomic E-state index is -0.0805. The lowest BCUT2D eigenvalue weighted by Gasteiger charge is -2.27. The molecular formula is C27H32N8O. The van der Waals surface area contributed by atoms with Gasteiger partial charge in [-0.2, -0.15) is 5.26 Å². The average Bonchev–Trinajstić information content (AvgIpc) is 3.37. The van der Waals surface area contributed by atoms with Crippen LogP contribution in [0.3, 0.4) is 0 Å². The third-order valence-corrected chi connectivity index (χ3v) is 6.72. The smallest absolute Gasteiger partial charge is 0.313 e. The predicted molar refractivity (Wildman–Crippen MR) is 138 cm³/mol. The van der Waals surface area contributed by atoms with E-state index in [1.807, 2.05) is 30.3 Å². The molecule has 9 heteroatoms. The summed E-state index contributed by atoms with van der Waals surface area (Å²) < 4.78 is 5.59. The van der Waals surface area contributed by atoms with Gasteiger partial charge >= 0.3 is 5.69 Å². The van der Waals surface area contributed by atoms with Crippen molar-refractivity contribution in [2.45, 2.75) is 60.3 Å². The monoisotopic (exact) mass is 484 g/mol. The van der Waals surface area contributed by atoms with Gasteiger partial charge in [-0.05, 0) is 35.2 Å². The number of fused-ring (bicyclic) bond motifs is 2. The first-order valence-corrected chi connectivity index (χ1v) is 12.4. The largest absolute Gasteiger partial charge is 0.330 e. The SMILES string of the molecule is CCc1nnc2n1CCN(Cc1ccc(C#N)c(-c3ccc4c(n3)n(C)c(=O)n4CC(C)(C)C)c1)C2. The summed E-state index contributed by atoms with van der Waals surface area (Å²) in [5.41, 5.74) is 4.45. The van der Waals surface area contributed by atoms with Crippen LogP contribution in [0.15, 0.2) is 35.1 Å². The van der Waals surface area contributed by atoms with Crippen LogP contribution in [0.1, 0.15) is 50.5 Å². The van der Waals surface area contributed by atoms with Crippen molar-refractivity contribution >= 4 is 11.2 Å². The van der Waals surface area contributed by atoms with Crippen molar-refractivity contribution < 1.29 is 0 Å². The topological polar surface area (TPSA) is 97.6 Å². The van der Waals surface area contributed by atoms with Gasteiger partial charge in [0.15, 0.2) is 5.65 Å². The molecule has 0 spiro atoms. The van der Waals surface area contributed by atoms with E-state index >= 15 is 0 Å². The van der Waals surface area contributed by atoms with Crippen LogP contribution < -0.4 is 5.69 Å². The third-order valence-electron chi connectivity index (χ3n) is 6.72. The van der Waals surface area contributed by atoms with Crippen LogP contribution in [0.25, 0.3) is 22.4 Å². The summed E-state index contributed by atoms with van der Waals surface area (Å²) in [4.78, 5) is 20.1. The Bertz CT molecular complexity index is 1540. The normalized spacial score (nSPS) is 14.2. The number of aromatic nitrogens is 6. The Morgan fingerprint density at radius 2 is 1.92 bits per heavy atom. The quantitative estimate of drug-likeness (QED) is 0.430. The highest BCUT2D eigenvalue weighted by Crippen LogP contribution is 2.27. The lowest BCUT2D eigenvalue weighted by Crippen LogP contribution is -2.34. The summed E-state index contributed by atoms with van der Waals surface area (Å²) in [6.07, 6.45) is 0.883. The van der Waals surface area contributed by atoms with Gasteiger partial charge in [-0.3, -0.25) is 14.0 Å². The fourth-order valence-electron chi connectivity index (χ4n) is 4.97. The number of nitriles is 1. The van der Waals surface area contributed by atoms with Crippen molar-refractivity contribution in [2.24, 2.45) is 12.5 Å². The average molecular weight is 485 g/mol. The van der Waals surface area contributed by atoms with Crippen LogP contribution in [-0.4, -0.2) is 40.3 Å². The number of imidazole rings is 1. The summed E-state index contributed by atoms with van der Waals surface area (Å²) in [5, 5.41) is 18.5. The number of pyridine rings is 1. The van der Waals surface area contributed by atoms with E-state index in [1.165, 1.54) is 0 Å². The predicted octanol–water partition coefficient (Wildman–Crippen LogP) is 3.49. The molecule has 4 heterocycles. The van der Waals surface area contributed by atoms with Gasteiger partial charge in [-0.1, -0.05) is 33.8 Å².